The highest BCUT2D eigenvalue weighted by Crippen LogP contribution is 2.48. The van der Waals surface area contributed by atoms with E-state index in [2.05, 4.69) is 34.1 Å². The second-order valence-electron chi connectivity index (χ2n) is 7.00. The maximum Gasteiger partial charge on any atom is 0.226 e. The molecule has 0 N–H and O–H groups in total. The van der Waals surface area contributed by atoms with Gasteiger partial charge in [-0.25, -0.2) is 4.98 Å². The number of rotatable bonds is 7. The third-order valence-electron chi connectivity index (χ3n) is 5.25. The second kappa shape index (κ2) is 8.29. The molecule has 2 atom stereocenters. The van der Waals surface area contributed by atoms with E-state index in [0.29, 0.717) is 12.5 Å². The molecule has 2 aromatic rings. The Kier molecular flexibility index (Phi) is 5.62. The first-order chi connectivity index (χ1) is 12.8. The molecule has 0 spiro atoms. The van der Waals surface area contributed by atoms with E-state index in [0.717, 1.165) is 50.8 Å². The lowest BCUT2D eigenvalue weighted by atomic mass is 10.1. The van der Waals surface area contributed by atoms with Crippen molar-refractivity contribution in [1.82, 2.24) is 14.8 Å². The summed E-state index contributed by atoms with van der Waals surface area (Å²) in [7, 11) is 0. The minimum absolute atomic E-state index is 0.127. The molecule has 1 aliphatic carbocycles. The number of ether oxygens (including phenoxy) is 1. The van der Waals surface area contributed by atoms with Gasteiger partial charge in [0.25, 0.3) is 0 Å². The third kappa shape index (κ3) is 4.31. The van der Waals surface area contributed by atoms with E-state index in [9.17, 15) is 4.79 Å². The van der Waals surface area contributed by atoms with Crippen LogP contribution in [0, 0.1) is 5.92 Å². The highest BCUT2D eigenvalue weighted by molar-refractivity contribution is 7.09. The lowest BCUT2D eigenvalue weighted by Crippen LogP contribution is -2.43. The van der Waals surface area contributed by atoms with Gasteiger partial charge in [-0.3, -0.25) is 9.69 Å². The summed E-state index contributed by atoms with van der Waals surface area (Å²) in [4.78, 5) is 21.9. The van der Waals surface area contributed by atoms with Crippen molar-refractivity contribution in [2.24, 2.45) is 5.92 Å². The molecule has 1 aromatic carbocycles. The second-order valence-corrected chi connectivity index (χ2v) is 7.98. The number of carbonyl (C=O) groups excluding carboxylic acids is 1. The monoisotopic (exact) mass is 371 g/mol. The maximum atomic E-state index is 13.1. The molecule has 6 heteroatoms. The molecule has 1 amide bonds. The molecule has 1 saturated carbocycles. The molecular formula is C20H25N3O2S. The van der Waals surface area contributed by atoms with Crippen molar-refractivity contribution in [3.8, 4) is 0 Å². The van der Waals surface area contributed by atoms with Crippen LogP contribution >= 0.6 is 11.3 Å². The van der Waals surface area contributed by atoms with Crippen LogP contribution in [0.3, 0.4) is 0 Å². The predicted octanol–water partition coefficient (Wildman–Crippen LogP) is 2.61. The fraction of sp³-hybridized carbons (Fsp3) is 0.500. The molecule has 1 saturated heterocycles. The normalized spacial score (nSPS) is 22.9. The van der Waals surface area contributed by atoms with E-state index >= 15 is 0 Å². The van der Waals surface area contributed by atoms with Crippen molar-refractivity contribution in [2.75, 3.05) is 39.4 Å². The van der Waals surface area contributed by atoms with Crippen LogP contribution in [-0.4, -0.2) is 60.1 Å². The smallest absolute Gasteiger partial charge is 0.226 e. The summed E-state index contributed by atoms with van der Waals surface area (Å²) in [5.41, 5.74) is 1.29. The van der Waals surface area contributed by atoms with Gasteiger partial charge in [0.15, 0.2) is 0 Å². The fourth-order valence-corrected chi connectivity index (χ4v) is 4.25. The van der Waals surface area contributed by atoms with E-state index in [-0.39, 0.29) is 11.8 Å². The summed E-state index contributed by atoms with van der Waals surface area (Å²) in [6.45, 7) is 5.78. The molecule has 1 aliphatic heterocycles. The lowest BCUT2D eigenvalue weighted by Gasteiger charge is -2.30. The quantitative estimate of drug-likeness (QED) is 0.751. The fourth-order valence-electron chi connectivity index (χ4n) is 3.62. The average molecular weight is 372 g/mol. The lowest BCUT2D eigenvalue weighted by molar-refractivity contribution is -0.133. The summed E-state index contributed by atoms with van der Waals surface area (Å²) in [5.74, 6) is 0.787. The molecule has 2 aliphatic rings. The number of carbonyl (C=O) groups is 1. The van der Waals surface area contributed by atoms with Crippen LogP contribution in [0.2, 0.25) is 0 Å². The first-order valence-corrected chi connectivity index (χ1v) is 10.2. The highest BCUT2D eigenvalue weighted by Gasteiger charge is 2.45. The SMILES string of the molecule is O=C([C@@H]1C[C@H]1c1ccccc1)N(CCN1CCOCC1)Cc1nccs1. The Labute approximate surface area is 158 Å². The Morgan fingerprint density at radius 1 is 1.27 bits per heavy atom. The number of nitrogens with zero attached hydrogens (tertiary/aromatic N) is 3. The molecular weight excluding hydrogens is 346 g/mol. The summed E-state index contributed by atoms with van der Waals surface area (Å²) >= 11 is 1.62. The summed E-state index contributed by atoms with van der Waals surface area (Å²) in [6.07, 6.45) is 2.78. The van der Waals surface area contributed by atoms with Crippen LogP contribution in [-0.2, 0) is 16.1 Å². The highest BCUT2D eigenvalue weighted by atomic mass is 32.1. The average Bonchev–Trinajstić information content (AvgIpc) is 3.34. The number of benzene rings is 1. The third-order valence-corrected chi connectivity index (χ3v) is 6.01. The molecule has 2 fully saturated rings. The standard InChI is InChI=1S/C20H25N3O2S/c24-20(18-14-17(18)16-4-2-1-3-5-16)23(15-19-21-6-13-26-19)8-7-22-9-11-25-12-10-22/h1-6,13,17-18H,7-12,14-15H2/t17-,18+/m0/s1. The van der Waals surface area contributed by atoms with E-state index in [1.54, 1.807) is 11.3 Å². The van der Waals surface area contributed by atoms with Gasteiger partial charge in [0.05, 0.1) is 19.8 Å². The minimum atomic E-state index is 0.127. The zero-order chi connectivity index (χ0) is 17.8. The van der Waals surface area contributed by atoms with Crippen LogP contribution in [0.5, 0.6) is 0 Å². The van der Waals surface area contributed by atoms with E-state index in [1.807, 2.05) is 22.5 Å². The topological polar surface area (TPSA) is 45.7 Å². The van der Waals surface area contributed by atoms with Crippen molar-refractivity contribution in [3.05, 3.63) is 52.5 Å². The number of hydrogen-bond donors (Lipinski definition) is 0. The van der Waals surface area contributed by atoms with Crippen molar-refractivity contribution >= 4 is 17.2 Å². The Bertz CT molecular complexity index is 701. The first-order valence-electron chi connectivity index (χ1n) is 9.33. The van der Waals surface area contributed by atoms with Crippen molar-refractivity contribution in [3.63, 3.8) is 0 Å². The van der Waals surface area contributed by atoms with Gasteiger partial charge in [0, 0.05) is 43.7 Å². The van der Waals surface area contributed by atoms with Gasteiger partial charge in [0.2, 0.25) is 5.91 Å². The van der Waals surface area contributed by atoms with Crippen LogP contribution < -0.4 is 0 Å². The minimum Gasteiger partial charge on any atom is -0.379 e. The molecule has 138 valence electrons. The van der Waals surface area contributed by atoms with Crippen molar-refractivity contribution in [2.45, 2.75) is 18.9 Å². The van der Waals surface area contributed by atoms with Crippen LogP contribution in [0.4, 0.5) is 0 Å². The Morgan fingerprint density at radius 3 is 2.81 bits per heavy atom. The summed E-state index contributed by atoms with van der Waals surface area (Å²) in [5, 5.41) is 2.99. The van der Waals surface area contributed by atoms with E-state index < -0.39 is 0 Å². The molecule has 0 radical (unpaired) electrons. The molecule has 4 rings (SSSR count). The Balaban J connectivity index is 1.39. The van der Waals surface area contributed by atoms with Gasteiger partial charge in [-0.2, -0.15) is 0 Å². The molecule has 2 heterocycles. The number of hydrogen-bond acceptors (Lipinski definition) is 5. The van der Waals surface area contributed by atoms with Crippen LogP contribution in [0.1, 0.15) is 22.9 Å². The number of thiazole rings is 1. The predicted molar refractivity (Wildman–Crippen MR) is 102 cm³/mol. The molecule has 0 unspecified atom stereocenters. The Hall–Kier alpha value is -1.76. The van der Waals surface area contributed by atoms with Gasteiger partial charge in [-0.1, -0.05) is 30.3 Å². The van der Waals surface area contributed by atoms with Gasteiger partial charge in [-0.05, 0) is 17.9 Å². The first kappa shape index (κ1) is 17.6. The van der Waals surface area contributed by atoms with Crippen molar-refractivity contribution < 1.29 is 9.53 Å². The number of morpholine rings is 1. The summed E-state index contributed by atoms with van der Waals surface area (Å²) < 4.78 is 5.42. The van der Waals surface area contributed by atoms with Gasteiger partial charge >= 0.3 is 0 Å². The maximum absolute atomic E-state index is 13.1. The number of amides is 1. The van der Waals surface area contributed by atoms with Gasteiger partial charge in [-0.15, -0.1) is 11.3 Å². The van der Waals surface area contributed by atoms with E-state index in [4.69, 9.17) is 4.74 Å². The Morgan fingerprint density at radius 2 is 2.08 bits per heavy atom. The zero-order valence-electron chi connectivity index (χ0n) is 14.9. The zero-order valence-corrected chi connectivity index (χ0v) is 15.7. The van der Waals surface area contributed by atoms with Gasteiger partial charge < -0.3 is 9.64 Å². The van der Waals surface area contributed by atoms with Crippen LogP contribution in [0.15, 0.2) is 41.9 Å². The largest absolute Gasteiger partial charge is 0.379 e. The van der Waals surface area contributed by atoms with E-state index in [1.165, 1.54) is 5.56 Å². The molecule has 5 nitrogen and oxygen atoms in total. The van der Waals surface area contributed by atoms with Crippen molar-refractivity contribution in [1.29, 1.82) is 0 Å². The molecule has 1 aromatic heterocycles. The van der Waals surface area contributed by atoms with Crippen LogP contribution in [0.25, 0.3) is 0 Å². The number of aromatic nitrogens is 1. The summed E-state index contributed by atoms with van der Waals surface area (Å²) in [6, 6.07) is 10.4. The van der Waals surface area contributed by atoms with Gasteiger partial charge in [0.1, 0.15) is 5.01 Å². The molecule has 0 bridgehead atoms. The molecule has 26 heavy (non-hydrogen) atoms.